The van der Waals surface area contributed by atoms with Gasteiger partial charge in [0.1, 0.15) is 11.6 Å². The fourth-order valence-electron chi connectivity index (χ4n) is 4.27. The largest absolute Gasteiger partial charge is 0.466 e. The molecule has 2 aromatic rings. The monoisotopic (exact) mass is 514 g/mol. The lowest BCUT2D eigenvalue weighted by atomic mass is 10.1. The molecule has 0 aliphatic heterocycles. The minimum atomic E-state index is -1.18. The molecule has 0 unspecified atom stereocenters. The van der Waals surface area contributed by atoms with Crippen molar-refractivity contribution in [3.63, 3.8) is 0 Å². The van der Waals surface area contributed by atoms with Crippen molar-refractivity contribution >= 4 is 40.6 Å². The normalized spacial score (nSPS) is 19.3. The van der Waals surface area contributed by atoms with Crippen molar-refractivity contribution in [2.75, 3.05) is 25.1 Å². The maximum Gasteiger partial charge on any atom is 0.411 e. The lowest BCUT2D eigenvalue weighted by Gasteiger charge is -2.23. The van der Waals surface area contributed by atoms with Gasteiger partial charge in [0, 0.05) is 17.2 Å². The average molecular weight is 515 g/mol. The Morgan fingerprint density at radius 3 is 2.24 bits per heavy atom. The minimum absolute atomic E-state index is 0.0801. The minimum Gasteiger partial charge on any atom is -0.466 e. The molecule has 10 nitrogen and oxygen atoms in total. The van der Waals surface area contributed by atoms with Gasteiger partial charge in [-0.15, -0.1) is 0 Å². The number of hydrogen-bond acceptors (Lipinski definition) is 8. The van der Waals surface area contributed by atoms with Crippen molar-refractivity contribution in [3.05, 3.63) is 42.5 Å². The number of carbonyl (C=O) groups excluding carboxylic acids is 4. The van der Waals surface area contributed by atoms with E-state index in [1.807, 2.05) is 36.4 Å². The Labute approximate surface area is 216 Å². The Balaban J connectivity index is 1.72. The van der Waals surface area contributed by atoms with Crippen molar-refractivity contribution < 1.29 is 38.1 Å². The highest BCUT2D eigenvalue weighted by molar-refractivity contribution is 6.00. The number of esters is 2. The summed E-state index contributed by atoms with van der Waals surface area (Å²) < 4.78 is 21.0. The highest BCUT2D eigenvalue weighted by Gasteiger charge is 2.62. The summed E-state index contributed by atoms with van der Waals surface area (Å²) in [4.78, 5) is 50.4. The maximum atomic E-state index is 12.7. The SMILES string of the molecule is CCOC(=O)[C@@H]1[C@@H](COC(=O)Nc2cccc3ccccc23)[C@H]1[C@@H](NC(=O)OC(C)(C)C)C(=O)OCC. The summed E-state index contributed by atoms with van der Waals surface area (Å²) in [6.07, 6.45) is -1.54. The Morgan fingerprint density at radius 1 is 0.892 bits per heavy atom. The van der Waals surface area contributed by atoms with E-state index in [1.165, 1.54) is 0 Å². The Kier molecular flexibility index (Phi) is 8.96. The molecule has 2 N–H and O–H groups in total. The van der Waals surface area contributed by atoms with E-state index in [0.29, 0.717) is 5.69 Å². The third kappa shape index (κ3) is 7.34. The first-order chi connectivity index (χ1) is 17.6. The topological polar surface area (TPSA) is 129 Å². The van der Waals surface area contributed by atoms with E-state index in [1.54, 1.807) is 40.7 Å². The second kappa shape index (κ2) is 11.9. The van der Waals surface area contributed by atoms with E-state index >= 15 is 0 Å². The van der Waals surface area contributed by atoms with Crippen LogP contribution >= 0.6 is 0 Å². The molecule has 0 saturated heterocycles. The van der Waals surface area contributed by atoms with Gasteiger partial charge < -0.3 is 24.3 Å². The molecule has 0 bridgehead atoms. The molecule has 10 heteroatoms. The van der Waals surface area contributed by atoms with Gasteiger partial charge in [-0.2, -0.15) is 0 Å². The summed E-state index contributed by atoms with van der Waals surface area (Å²) in [6, 6.07) is 11.9. The summed E-state index contributed by atoms with van der Waals surface area (Å²) in [6.45, 7) is 8.42. The first kappa shape index (κ1) is 27.8. The smallest absolute Gasteiger partial charge is 0.411 e. The van der Waals surface area contributed by atoms with Crippen LogP contribution < -0.4 is 10.6 Å². The second-order valence-corrected chi connectivity index (χ2v) is 9.65. The molecule has 2 amide bonds. The summed E-state index contributed by atoms with van der Waals surface area (Å²) in [5.74, 6) is -3.29. The third-order valence-electron chi connectivity index (χ3n) is 5.82. The number of benzene rings is 2. The van der Waals surface area contributed by atoms with Crippen molar-refractivity contribution in [1.82, 2.24) is 5.32 Å². The van der Waals surface area contributed by atoms with Crippen LogP contribution in [0.2, 0.25) is 0 Å². The predicted molar refractivity (Wildman–Crippen MR) is 136 cm³/mol. The molecule has 2 aromatic carbocycles. The number of amides is 2. The van der Waals surface area contributed by atoms with E-state index in [4.69, 9.17) is 18.9 Å². The van der Waals surface area contributed by atoms with Crippen LogP contribution in [0.5, 0.6) is 0 Å². The van der Waals surface area contributed by atoms with E-state index < -0.39 is 53.5 Å². The first-order valence-electron chi connectivity index (χ1n) is 12.3. The second-order valence-electron chi connectivity index (χ2n) is 9.65. The first-order valence-corrected chi connectivity index (χ1v) is 12.3. The molecule has 0 radical (unpaired) electrons. The highest BCUT2D eigenvalue weighted by Crippen LogP contribution is 2.50. The van der Waals surface area contributed by atoms with Crippen molar-refractivity contribution in [2.45, 2.75) is 46.3 Å². The molecule has 3 rings (SSSR count). The van der Waals surface area contributed by atoms with Crippen molar-refractivity contribution in [3.8, 4) is 0 Å². The molecule has 1 aliphatic rings. The predicted octanol–water partition coefficient (Wildman–Crippen LogP) is 4.27. The molecule has 1 fully saturated rings. The number of ether oxygens (including phenoxy) is 4. The van der Waals surface area contributed by atoms with E-state index in [0.717, 1.165) is 10.8 Å². The van der Waals surface area contributed by atoms with Crippen molar-refractivity contribution in [1.29, 1.82) is 0 Å². The van der Waals surface area contributed by atoms with Crippen LogP contribution in [0.3, 0.4) is 0 Å². The number of carbonyl (C=O) groups is 4. The number of rotatable bonds is 9. The van der Waals surface area contributed by atoms with E-state index in [2.05, 4.69) is 10.6 Å². The van der Waals surface area contributed by atoms with Gasteiger partial charge in [0.15, 0.2) is 0 Å². The van der Waals surface area contributed by atoms with Crippen LogP contribution in [-0.4, -0.2) is 55.6 Å². The van der Waals surface area contributed by atoms with Gasteiger partial charge in [0.25, 0.3) is 0 Å². The van der Waals surface area contributed by atoms with E-state index in [9.17, 15) is 19.2 Å². The molecular weight excluding hydrogens is 480 g/mol. The highest BCUT2D eigenvalue weighted by atomic mass is 16.6. The lowest BCUT2D eigenvalue weighted by Crippen LogP contribution is -2.46. The van der Waals surface area contributed by atoms with Gasteiger partial charge in [-0.05, 0) is 46.1 Å². The zero-order chi connectivity index (χ0) is 27.2. The number of fused-ring (bicyclic) bond motifs is 1. The molecule has 200 valence electrons. The third-order valence-corrected chi connectivity index (χ3v) is 5.82. The van der Waals surface area contributed by atoms with Gasteiger partial charge in [-0.3, -0.25) is 10.1 Å². The fraction of sp³-hybridized carbons (Fsp3) is 0.481. The number of hydrogen-bond donors (Lipinski definition) is 2. The van der Waals surface area contributed by atoms with Gasteiger partial charge >= 0.3 is 24.1 Å². The molecular formula is C27H34N2O8. The zero-order valence-electron chi connectivity index (χ0n) is 21.7. The summed E-state index contributed by atoms with van der Waals surface area (Å²) >= 11 is 0. The van der Waals surface area contributed by atoms with Gasteiger partial charge in [-0.1, -0.05) is 36.4 Å². The maximum absolute atomic E-state index is 12.7. The Morgan fingerprint density at radius 2 is 1.57 bits per heavy atom. The zero-order valence-corrected chi connectivity index (χ0v) is 21.7. The van der Waals surface area contributed by atoms with Crippen LogP contribution in [0, 0.1) is 17.8 Å². The standard InChI is InChI=1S/C27H34N2O8/c1-6-34-23(30)21-18(20(21)22(24(31)35-7-2)29-26(33)37-27(3,4)5)15-36-25(32)28-19-14-10-12-16-11-8-9-13-17(16)19/h8-14,18,20-22H,6-7,15H2,1-5H3,(H,28,32)(H,29,33)/t18-,20+,21+,22+/m0/s1. The van der Waals surface area contributed by atoms with Crippen molar-refractivity contribution in [2.24, 2.45) is 17.8 Å². The summed E-state index contributed by atoms with van der Waals surface area (Å²) in [5, 5.41) is 7.05. The summed E-state index contributed by atoms with van der Waals surface area (Å²) in [5.41, 5.74) is -0.219. The molecule has 0 spiro atoms. The number of anilines is 1. The van der Waals surface area contributed by atoms with E-state index in [-0.39, 0.29) is 19.8 Å². The lowest BCUT2D eigenvalue weighted by molar-refractivity contribution is -0.147. The molecule has 4 atom stereocenters. The van der Waals surface area contributed by atoms with Crippen LogP contribution in [0.25, 0.3) is 10.8 Å². The van der Waals surface area contributed by atoms with Gasteiger partial charge in [0.2, 0.25) is 0 Å². The molecule has 1 aliphatic carbocycles. The van der Waals surface area contributed by atoms with Crippen LogP contribution in [0.4, 0.5) is 15.3 Å². The summed E-state index contributed by atoms with van der Waals surface area (Å²) in [7, 11) is 0. The Bertz CT molecular complexity index is 1140. The molecule has 0 aromatic heterocycles. The molecule has 1 saturated carbocycles. The van der Waals surface area contributed by atoms with Crippen LogP contribution in [0.15, 0.2) is 42.5 Å². The number of nitrogens with one attached hydrogen (secondary N) is 2. The van der Waals surface area contributed by atoms with Crippen LogP contribution in [0.1, 0.15) is 34.6 Å². The average Bonchev–Trinajstić information content (AvgIpc) is 3.54. The quantitative estimate of drug-likeness (QED) is 0.375. The van der Waals surface area contributed by atoms with Gasteiger partial charge in [-0.25, -0.2) is 14.4 Å². The Hall–Kier alpha value is -3.82. The molecule has 0 heterocycles. The number of alkyl carbamates (subject to hydrolysis) is 1. The van der Waals surface area contributed by atoms with Crippen LogP contribution in [-0.2, 0) is 28.5 Å². The fourth-order valence-corrected chi connectivity index (χ4v) is 4.27. The molecule has 37 heavy (non-hydrogen) atoms. The van der Waals surface area contributed by atoms with Gasteiger partial charge in [0.05, 0.1) is 31.4 Å².